The van der Waals surface area contributed by atoms with Gasteiger partial charge in [-0.3, -0.25) is 0 Å². The molecule has 6 heteroatoms. The summed E-state index contributed by atoms with van der Waals surface area (Å²) in [5.41, 5.74) is 5.24. The van der Waals surface area contributed by atoms with Crippen LogP contribution >= 0.6 is 0 Å². The monoisotopic (exact) mass is 302 g/mol. The minimum Gasteiger partial charge on any atom is -0.492 e. The number of benzene rings is 1. The van der Waals surface area contributed by atoms with E-state index in [1.165, 1.54) is 12.5 Å². The van der Waals surface area contributed by atoms with E-state index >= 15 is 0 Å². The first-order valence-corrected chi connectivity index (χ1v) is 7.15. The van der Waals surface area contributed by atoms with Crippen molar-refractivity contribution in [2.24, 2.45) is 5.73 Å². The van der Waals surface area contributed by atoms with Crippen molar-refractivity contribution in [2.45, 2.75) is 38.0 Å². The molecule has 1 aromatic carbocycles. The first kappa shape index (κ1) is 16.1. The lowest BCUT2D eigenvalue weighted by molar-refractivity contribution is -0.137. The summed E-state index contributed by atoms with van der Waals surface area (Å²) in [6.45, 7) is 1.54. The second kappa shape index (κ2) is 6.66. The minimum atomic E-state index is -4.36. The average Bonchev–Trinajstić information content (AvgIpc) is 2.45. The van der Waals surface area contributed by atoms with E-state index in [1.54, 1.807) is 0 Å². The summed E-state index contributed by atoms with van der Waals surface area (Å²) >= 11 is 0. The fourth-order valence-electron chi connectivity index (χ4n) is 2.60. The second-order valence-electron chi connectivity index (χ2n) is 5.47. The number of rotatable bonds is 4. The van der Waals surface area contributed by atoms with Crippen molar-refractivity contribution in [1.82, 2.24) is 4.90 Å². The molecule has 1 atom stereocenters. The minimum absolute atomic E-state index is 0.0275. The van der Waals surface area contributed by atoms with Crippen molar-refractivity contribution >= 4 is 0 Å². The van der Waals surface area contributed by atoms with Crippen molar-refractivity contribution in [3.63, 3.8) is 0 Å². The van der Waals surface area contributed by atoms with Crippen LogP contribution in [0.15, 0.2) is 18.2 Å². The van der Waals surface area contributed by atoms with E-state index in [-0.39, 0.29) is 6.54 Å². The molecule has 0 bridgehead atoms. The standard InChI is InChI=1S/C15H21F3N2O/c1-20-7-3-2-4-13(20)10-21-14-6-5-12(15(16,17)18)8-11(14)9-19/h5-6,8,13H,2-4,7,9-10,19H2,1H3. The van der Waals surface area contributed by atoms with Crippen molar-refractivity contribution in [3.05, 3.63) is 29.3 Å². The number of nitrogens with zero attached hydrogens (tertiary/aromatic N) is 1. The van der Waals surface area contributed by atoms with Gasteiger partial charge in [0.2, 0.25) is 0 Å². The lowest BCUT2D eigenvalue weighted by atomic mass is 10.0. The molecule has 1 unspecified atom stereocenters. The number of likely N-dealkylation sites (tertiary alicyclic amines) is 1. The van der Waals surface area contributed by atoms with E-state index in [2.05, 4.69) is 4.90 Å². The van der Waals surface area contributed by atoms with Gasteiger partial charge in [0.05, 0.1) is 5.56 Å². The largest absolute Gasteiger partial charge is 0.492 e. The summed E-state index contributed by atoms with van der Waals surface area (Å²) in [5.74, 6) is 0.449. The van der Waals surface area contributed by atoms with Gasteiger partial charge in [0.15, 0.2) is 0 Å². The van der Waals surface area contributed by atoms with Gasteiger partial charge in [-0.15, -0.1) is 0 Å². The van der Waals surface area contributed by atoms with Gasteiger partial charge in [0, 0.05) is 18.2 Å². The van der Waals surface area contributed by atoms with E-state index in [0.717, 1.165) is 31.5 Å². The summed E-state index contributed by atoms with van der Waals surface area (Å²) in [5, 5.41) is 0. The third-order valence-corrected chi connectivity index (χ3v) is 3.96. The Morgan fingerprint density at radius 1 is 1.33 bits per heavy atom. The van der Waals surface area contributed by atoms with E-state index in [4.69, 9.17) is 10.5 Å². The highest BCUT2D eigenvalue weighted by Crippen LogP contribution is 2.32. The van der Waals surface area contributed by atoms with Gasteiger partial charge >= 0.3 is 6.18 Å². The Kier molecular flexibility index (Phi) is 5.11. The van der Waals surface area contributed by atoms with Crippen LogP contribution in [-0.2, 0) is 12.7 Å². The molecule has 1 fully saturated rings. The first-order valence-electron chi connectivity index (χ1n) is 7.15. The number of piperidine rings is 1. The van der Waals surface area contributed by atoms with E-state index < -0.39 is 11.7 Å². The molecular weight excluding hydrogens is 281 g/mol. The van der Waals surface area contributed by atoms with E-state index in [0.29, 0.717) is 24.0 Å². The number of alkyl halides is 3. The third-order valence-electron chi connectivity index (χ3n) is 3.96. The highest BCUT2D eigenvalue weighted by molar-refractivity contribution is 5.38. The molecule has 0 radical (unpaired) electrons. The molecule has 2 rings (SSSR count). The van der Waals surface area contributed by atoms with Crippen LogP contribution in [0, 0.1) is 0 Å². The predicted molar refractivity (Wildman–Crippen MR) is 75.1 cm³/mol. The molecule has 1 saturated heterocycles. The van der Waals surface area contributed by atoms with Gasteiger partial charge in [0.25, 0.3) is 0 Å². The maximum absolute atomic E-state index is 12.7. The van der Waals surface area contributed by atoms with Crippen LogP contribution in [0.4, 0.5) is 13.2 Å². The molecule has 0 saturated carbocycles. The van der Waals surface area contributed by atoms with Crippen LogP contribution in [0.25, 0.3) is 0 Å². The topological polar surface area (TPSA) is 38.5 Å². The Balaban J connectivity index is 2.06. The molecule has 0 aromatic heterocycles. The van der Waals surface area contributed by atoms with E-state index in [9.17, 15) is 13.2 Å². The van der Waals surface area contributed by atoms with Crippen molar-refractivity contribution < 1.29 is 17.9 Å². The van der Waals surface area contributed by atoms with Gasteiger partial charge in [0.1, 0.15) is 12.4 Å². The first-order chi connectivity index (χ1) is 9.91. The molecule has 1 aliphatic heterocycles. The highest BCUT2D eigenvalue weighted by Gasteiger charge is 2.31. The molecule has 0 spiro atoms. The SMILES string of the molecule is CN1CCCCC1COc1ccc(C(F)(F)F)cc1CN. The summed E-state index contributed by atoms with van der Waals surface area (Å²) in [6.07, 6.45) is -0.961. The molecular formula is C15H21F3N2O. The van der Waals surface area contributed by atoms with Crippen molar-refractivity contribution in [2.75, 3.05) is 20.2 Å². The highest BCUT2D eigenvalue weighted by atomic mass is 19.4. The van der Waals surface area contributed by atoms with Crippen LogP contribution < -0.4 is 10.5 Å². The average molecular weight is 302 g/mol. The predicted octanol–water partition coefficient (Wildman–Crippen LogP) is 3.03. The number of likely N-dealkylation sites (N-methyl/N-ethyl adjacent to an activating group) is 1. The Morgan fingerprint density at radius 3 is 2.71 bits per heavy atom. The molecule has 0 amide bonds. The molecule has 0 aliphatic carbocycles. The fourth-order valence-corrected chi connectivity index (χ4v) is 2.60. The number of halogens is 3. The zero-order valence-corrected chi connectivity index (χ0v) is 12.1. The van der Waals surface area contributed by atoms with Crippen LogP contribution in [0.5, 0.6) is 5.75 Å². The maximum Gasteiger partial charge on any atom is 0.416 e. The van der Waals surface area contributed by atoms with Crippen LogP contribution in [0.2, 0.25) is 0 Å². The van der Waals surface area contributed by atoms with Crippen LogP contribution in [0.1, 0.15) is 30.4 Å². The Morgan fingerprint density at radius 2 is 2.10 bits per heavy atom. The lowest BCUT2D eigenvalue weighted by Gasteiger charge is -2.32. The normalized spacial score (nSPS) is 20.5. The molecule has 3 nitrogen and oxygen atoms in total. The second-order valence-corrected chi connectivity index (χ2v) is 5.47. The summed E-state index contributed by atoms with van der Waals surface area (Å²) in [6, 6.07) is 3.79. The molecule has 21 heavy (non-hydrogen) atoms. The zero-order chi connectivity index (χ0) is 15.5. The molecule has 1 aromatic rings. The molecule has 1 aliphatic rings. The quantitative estimate of drug-likeness (QED) is 0.929. The Bertz CT molecular complexity index is 476. The van der Waals surface area contributed by atoms with Gasteiger partial charge in [-0.05, 0) is 44.6 Å². The van der Waals surface area contributed by atoms with Gasteiger partial charge in [-0.2, -0.15) is 13.2 Å². The Hall–Kier alpha value is -1.27. The number of hydrogen-bond acceptors (Lipinski definition) is 3. The van der Waals surface area contributed by atoms with Gasteiger partial charge in [-0.1, -0.05) is 6.42 Å². The fraction of sp³-hybridized carbons (Fsp3) is 0.600. The smallest absolute Gasteiger partial charge is 0.416 e. The summed E-state index contributed by atoms with van der Waals surface area (Å²) in [7, 11) is 2.05. The van der Waals surface area contributed by atoms with Gasteiger partial charge in [-0.25, -0.2) is 0 Å². The van der Waals surface area contributed by atoms with Crippen molar-refractivity contribution in [3.8, 4) is 5.75 Å². The molecule has 1 heterocycles. The number of nitrogens with two attached hydrogens (primary N) is 1. The molecule has 118 valence electrons. The van der Waals surface area contributed by atoms with Crippen LogP contribution in [-0.4, -0.2) is 31.1 Å². The van der Waals surface area contributed by atoms with E-state index in [1.807, 2.05) is 7.05 Å². The van der Waals surface area contributed by atoms with Crippen LogP contribution in [0.3, 0.4) is 0 Å². The Labute approximate surface area is 122 Å². The number of ether oxygens (including phenoxy) is 1. The lowest BCUT2D eigenvalue weighted by Crippen LogP contribution is -2.40. The van der Waals surface area contributed by atoms with Gasteiger partial charge < -0.3 is 15.4 Å². The third kappa shape index (κ3) is 4.11. The summed E-state index contributed by atoms with van der Waals surface area (Å²) in [4.78, 5) is 2.23. The molecule has 2 N–H and O–H groups in total. The maximum atomic E-state index is 12.7. The van der Waals surface area contributed by atoms with Crippen molar-refractivity contribution in [1.29, 1.82) is 0 Å². The zero-order valence-electron chi connectivity index (χ0n) is 12.1. The number of hydrogen-bond donors (Lipinski definition) is 1. The summed E-state index contributed by atoms with van der Waals surface area (Å²) < 4.78 is 43.7.